The second kappa shape index (κ2) is 6.70. The number of phenols is 1. The average Bonchev–Trinajstić information content (AvgIpc) is 2.47. The van der Waals surface area contributed by atoms with Gasteiger partial charge in [0.2, 0.25) is 0 Å². The van der Waals surface area contributed by atoms with E-state index in [0.29, 0.717) is 21.4 Å². The minimum absolute atomic E-state index is 0.0267. The van der Waals surface area contributed by atoms with Crippen LogP contribution in [0.15, 0.2) is 36.4 Å². The average molecular weight is 326 g/mol. The summed E-state index contributed by atoms with van der Waals surface area (Å²) in [6.07, 6.45) is 0. The van der Waals surface area contributed by atoms with Crippen molar-refractivity contribution >= 4 is 29.1 Å². The van der Waals surface area contributed by atoms with Crippen LogP contribution in [-0.4, -0.2) is 18.1 Å². The molecular formula is C15H13Cl2NO3. The van der Waals surface area contributed by atoms with Gasteiger partial charge in [-0.25, -0.2) is 0 Å². The third-order valence-corrected chi connectivity index (χ3v) is 3.62. The summed E-state index contributed by atoms with van der Waals surface area (Å²) in [5.41, 5.74) is 1.17. The number of aromatic hydroxyl groups is 1. The smallest absolute Gasteiger partial charge is 0.251 e. The van der Waals surface area contributed by atoms with Crippen molar-refractivity contribution in [1.29, 1.82) is 0 Å². The Bertz CT molecular complexity index is 674. The lowest BCUT2D eigenvalue weighted by molar-refractivity contribution is 0.0951. The van der Waals surface area contributed by atoms with Gasteiger partial charge < -0.3 is 15.2 Å². The quantitative estimate of drug-likeness (QED) is 0.902. The zero-order valence-corrected chi connectivity index (χ0v) is 12.7. The lowest BCUT2D eigenvalue weighted by Gasteiger charge is -2.08. The van der Waals surface area contributed by atoms with Crippen LogP contribution in [0.2, 0.25) is 10.0 Å². The lowest BCUT2D eigenvalue weighted by atomic mass is 10.1. The van der Waals surface area contributed by atoms with Crippen molar-refractivity contribution in [2.45, 2.75) is 6.54 Å². The van der Waals surface area contributed by atoms with E-state index in [1.165, 1.54) is 19.2 Å². The van der Waals surface area contributed by atoms with E-state index in [9.17, 15) is 9.90 Å². The summed E-state index contributed by atoms with van der Waals surface area (Å²) >= 11 is 11.7. The monoisotopic (exact) mass is 325 g/mol. The molecule has 0 aliphatic heterocycles. The maximum atomic E-state index is 12.0. The summed E-state index contributed by atoms with van der Waals surface area (Å²) in [5.74, 6) is 0.136. The minimum atomic E-state index is -0.274. The van der Waals surface area contributed by atoms with Crippen LogP contribution in [0.4, 0.5) is 0 Å². The fourth-order valence-electron chi connectivity index (χ4n) is 1.77. The fourth-order valence-corrected chi connectivity index (χ4v) is 2.07. The molecule has 0 atom stereocenters. The molecule has 6 heteroatoms. The van der Waals surface area contributed by atoms with Crippen molar-refractivity contribution in [2.75, 3.05) is 7.11 Å². The summed E-state index contributed by atoms with van der Waals surface area (Å²) in [4.78, 5) is 12.0. The van der Waals surface area contributed by atoms with Crippen LogP contribution in [0.3, 0.4) is 0 Å². The Morgan fingerprint density at radius 2 is 1.95 bits per heavy atom. The molecule has 0 aliphatic carbocycles. The highest BCUT2D eigenvalue weighted by molar-refractivity contribution is 6.42. The van der Waals surface area contributed by atoms with Gasteiger partial charge in [-0.2, -0.15) is 0 Å². The van der Waals surface area contributed by atoms with Crippen LogP contribution in [0.5, 0.6) is 11.5 Å². The maximum Gasteiger partial charge on any atom is 0.251 e. The first kappa shape index (κ1) is 15.5. The zero-order valence-electron chi connectivity index (χ0n) is 11.2. The SMILES string of the molecule is COc1ccc(CNC(=O)c2ccc(Cl)c(Cl)c2)cc1O. The number of carbonyl (C=O) groups is 1. The molecule has 0 unspecified atom stereocenters. The molecule has 2 aromatic carbocycles. The number of carbonyl (C=O) groups excluding carboxylic acids is 1. The van der Waals surface area contributed by atoms with E-state index in [0.717, 1.165) is 5.56 Å². The number of amides is 1. The Labute approximate surface area is 132 Å². The number of hydrogen-bond acceptors (Lipinski definition) is 3. The third kappa shape index (κ3) is 3.80. The zero-order chi connectivity index (χ0) is 15.4. The summed E-state index contributed by atoms with van der Waals surface area (Å²) in [6.45, 7) is 0.274. The number of ether oxygens (including phenoxy) is 1. The van der Waals surface area contributed by atoms with Gasteiger partial charge in [-0.05, 0) is 35.9 Å². The molecular weight excluding hydrogens is 313 g/mol. The molecule has 2 N–H and O–H groups in total. The Balaban J connectivity index is 2.03. The largest absolute Gasteiger partial charge is 0.504 e. The minimum Gasteiger partial charge on any atom is -0.504 e. The first-order valence-corrected chi connectivity index (χ1v) is 6.86. The molecule has 2 aromatic rings. The number of hydrogen-bond donors (Lipinski definition) is 2. The van der Waals surface area contributed by atoms with E-state index < -0.39 is 0 Å². The summed E-state index contributed by atoms with van der Waals surface area (Å²) < 4.78 is 4.95. The summed E-state index contributed by atoms with van der Waals surface area (Å²) in [7, 11) is 1.47. The second-order valence-electron chi connectivity index (χ2n) is 4.32. The Morgan fingerprint density at radius 1 is 1.19 bits per heavy atom. The number of halogens is 2. The number of nitrogens with one attached hydrogen (secondary N) is 1. The third-order valence-electron chi connectivity index (χ3n) is 2.88. The van der Waals surface area contributed by atoms with Crippen LogP contribution in [0.25, 0.3) is 0 Å². The van der Waals surface area contributed by atoms with Crippen LogP contribution in [-0.2, 0) is 6.54 Å². The van der Waals surface area contributed by atoms with Crippen molar-refractivity contribution < 1.29 is 14.6 Å². The number of rotatable bonds is 4. The highest BCUT2D eigenvalue weighted by Crippen LogP contribution is 2.26. The standard InChI is InChI=1S/C15H13Cl2NO3/c1-21-14-5-2-9(6-13(14)19)8-18-15(20)10-3-4-11(16)12(17)7-10/h2-7,19H,8H2,1H3,(H,18,20). The van der Waals surface area contributed by atoms with Gasteiger partial charge in [0.1, 0.15) is 0 Å². The molecule has 0 aromatic heterocycles. The van der Waals surface area contributed by atoms with Crippen molar-refractivity contribution in [3.63, 3.8) is 0 Å². The molecule has 4 nitrogen and oxygen atoms in total. The molecule has 110 valence electrons. The van der Waals surface area contributed by atoms with E-state index in [1.807, 2.05) is 0 Å². The highest BCUT2D eigenvalue weighted by Gasteiger charge is 2.09. The molecule has 0 aliphatic rings. The van der Waals surface area contributed by atoms with Gasteiger partial charge >= 0.3 is 0 Å². The van der Waals surface area contributed by atoms with Crippen molar-refractivity contribution in [3.05, 3.63) is 57.6 Å². The predicted octanol–water partition coefficient (Wildman–Crippen LogP) is 3.64. The predicted molar refractivity (Wildman–Crippen MR) is 82.3 cm³/mol. The van der Waals surface area contributed by atoms with Crippen LogP contribution in [0, 0.1) is 0 Å². The number of benzene rings is 2. The van der Waals surface area contributed by atoms with E-state index in [1.54, 1.807) is 24.3 Å². The van der Waals surface area contributed by atoms with Crippen LogP contribution < -0.4 is 10.1 Å². The Hall–Kier alpha value is -1.91. The van der Waals surface area contributed by atoms with Gasteiger partial charge in [0.15, 0.2) is 11.5 Å². The summed E-state index contributed by atoms with van der Waals surface area (Å²) in [5, 5.41) is 13.1. The molecule has 0 fully saturated rings. The van der Waals surface area contributed by atoms with Crippen molar-refractivity contribution in [3.8, 4) is 11.5 Å². The van der Waals surface area contributed by atoms with Crippen molar-refractivity contribution in [2.24, 2.45) is 0 Å². The fraction of sp³-hybridized carbons (Fsp3) is 0.133. The van der Waals surface area contributed by atoms with Gasteiger partial charge in [0.25, 0.3) is 5.91 Å². The molecule has 0 radical (unpaired) electrons. The molecule has 0 saturated heterocycles. The second-order valence-corrected chi connectivity index (χ2v) is 5.13. The lowest BCUT2D eigenvalue weighted by Crippen LogP contribution is -2.22. The Kier molecular flexibility index (Phi) is 4.94. The first-order valence-electron chi connectivity index (χ1n) is 6.10. The number of phenolic OH excluding ortho intramolecular Hbond substituents is 1. The van der Waals surface area contributed by atoms with E-state index in [2.05, 4.69) is 5.32 Å². The normalized spacial score (nSPS) is 10.2. The van der Waals surface area contributed by atoms with Gasteiger partial charge in [-0.15, -0.1) is 0 Å². The molecule has 21 heavy (non-hydrogen) atoms. The molecule has 0 bridgehead atoms. The molecule has 0 saturated carbocycles. The van der Waals surface area contributed by atoms with E-state index in [-0.39, 0.29) is 18.2 Å². The molecule has 2 rings (SSSR count). The van der Waals surface area contributed by atoms with E-state index in [4.69, 9.17) is 27.9 Å². The topological polar surface area (TPSA) is 58.6 Å². The molecule has 1 amide bonds. The van der Waals surface area contributed by atoms with Crippen LogP contribution in [0.1, 0.15) is 15.9 Å². The molecule has 0 heterocycles. The van der Waals surface area contributed by atoms with Gasteiger partial charge in [0.05, 0.1) is 17.2 Å². The number of methoxy groups -OCH3 is 1. The van der Waals surface area contributed by atoms with E-state index >= 15 is 0 Å². The first-order chi connectivity index (χ1) is 10.0. The van der Waals surface area contributed by atoms with Gasteiger partial charge in [0, 0.05) is 12.1 Å². The van der Waals surface area contributed by atoms with Crippen LogP contribution >= 0.6 is 23.2 Å². The Morgan fingerprint density at radius 3 is 2.57 bits per heavy atom. The van der Waals surface area contributed by atoms with Gasteiger partial charge in [-0.3, -0.25) is 4.79 Å². The maximum absolute atomic E-state index is 12.0. The summed E-state index contributed by atoms with van der Waals surface area (Å²) in [6, 6.07) is 9.59. The highest BCUT2D eigenvalue weighted by atomic mass is 35.5. The van der Waals surface area contributed by atoms with Crippen molar-refractivity contribution in [1.82, 2.24) is 5.32 Å². The molecule has 0 spiro atoms. The van der Waals surface area contributed by atoms with Gasteiger partial charge in [-0.1, -0.05) is 29.3 Å².